The van der Waals surface area contributed by atoms with Gasteiger partial charge in [-0.2, -0.15) is 13.2 Å². The van der Waals surface area contributed by atoms with Gasteiger partial charge in [0, 0.05) is 23.8 Å². The standard InChI is InChI=1S/C25H23ClF3N3O3S/c1-30-13-17-14-32(36(33,34)15-16-4-3-5-20(10-16)35-2)24-12-19(7-8-21(17)24)31-23-9-6-18(11-22(23)26)25(27,28)29/h3-12,14,30-31H,13,15H2,1-2H3. The summed E-state index contributed by atoms with van der Waals surface area (Å²) in [5, 5.41) is 6.64. The summed E-state index contributed by atoms with van der Waals surface area (Å²) in [6, 6.07) is 14.9. The molecule has 6 nitrogen and oxygen atoms in total. The van der Waals surface area contributed by atoms with Crippen LogP contribution in [0.5, 0.6) is 5.75 Å². The molecular weight excluding hydrogens is 515 g/mol. The van der Waals surface area contributed by atoms with Crippen molar-refractivity contribution in [2.75, 3.05) is 19.5 Å². The van der Waals surface area contributed by atoms with Gasteiger partial charge in [0.2, 0.25) is 10.0 Å². The van der Waals surface area contributed by atoms with Crippen LogP contribution >= 0.6 is 11.6 Å². The number of hydrogen-bond acceptors (Lipinski definition) is 5. The number of nitrogens with zero attached hydrogens (tertiary/aromatic N) is 1. The van der Waals surface area contributed by atoms with Crippen LogP contribution in [0.2, 0.25) is 5.02 Å². The lowest BCUT2D eigenvalue weighted by molar-refractivity contribution is -0.137. The molecule has 11 heteroatoms. The van der Waals surface area contributed by atoms with E-state index in [1.807, 2.05) is 0 Å². The van der Waals surface area contributed by atoms with Crippen LogP contribution in [0.15, 0.2) is 66.9 Å². The Hall–Kier alpha value is -3.21. The minimum Gasteiger partial charge on any atom is -0.497 e. The first-order valence-electron chi connectivity index (χ1n) is 10.8. The maximum absolute atomic E-state index is 13.4. The second kappa shape index (κ2) is 10.0. The molecular formula is C25H23ClF3N3O3S. The molecule has 190 valence electrons. The summed E-state index contributed by atoms with van der Waals surface area (Å²) in [4.78, 5) is 0. The molecule has 0 saturated heterocycles. The fourth-order valence-corrected chi connectivity index (χ4v) is 5.60. The number of benzene rings is 3. The summed E-state index contributed by atoms with van der Waals surface area (Å²) >= 11 is 6.09. The predicted molar refractivity (Wildman–Crippen MR) is 135 cm³/mol. The zero-order chi connectivity index (χ0) is 26.1. The molecule has 0 atom stereocenters. The summed E-state index contributed by atoms with van der Waals surface area (Å²) in [5.74, 6) is 0.297. The Balaban J connectivity index is 1.73. The van der Waals surface area contributed by atoms with Crippen LogP contribution in [0.1, 0.15) is 16.7 Å². The highest BCUT2D eigenvalue weighted by Crippen LogP contribution is 2.35. The van der Waals surface area contributed by atoms with Crippen LogP contribution in [0, 0.1) is 0 Å². The molecule has 0 unspecified atom stereocenters. The molecule has 0 aliphatic rings. The van der Waals surface area contributed by atoms with Gasteiger partial charge in [0.25, 0.3) is 0 Å². The molecule has 0 amide bonds. The smallest absolute Gasteiger partial charge is 0.416 e. The van der Waals surface area contributed by atoms with Gasteiger partial charge in [-0.25, -0.2) is 12.4 Å². The van der Waals surface area contributed by atoms with Gasteiger partial charge in [0.1, 0.15) is 5.75 Å². The molecule has 1 heterocycles. The van der Waals surface area contributed by atoms with E-state index in [0.717, 1.165) is 23.1 Å². The number of halogens is 4. The van der Waals surface area contributed by atoms with E-state index in [-0.39, 0.29) is 16.5 Å². The van der Waals surface area contributed by atoms with Gasteiger partial charge < -0.3 is 15.4 Å². The van der Waals surface area contributed by atoms with Gasteiger partial charge in [0.15, 0.2) is 0 Å². The SMILES string of the molecule is CNCc1cn(S(=O)(=O)Cc2cccc(OC)c2)c2cc(Nc3ccc(C(F)(F)F)cc3Cl)ccc12. The number of nitrogens with one attached hydrogen (secondary N) is 2. The second-order valence-electron chi connectivity index (χ2n) is 8.14. The molecule has 0 fully saturated rings. The molecule has 0 radical (unpaired) electrons. The van der Waals surface area contributed by atoms with Crippen molar-refractivity contribution >= 4 is 43.9 Å². The monoisotopic (exact) mass is 537 g/mol. The molecule has 0 saturated carbocycles. The van der Waals surface area contributed by atoms with Crippen molar-refractivity contribution in [1.29, 1.82) is 0 Å². The Bertz CT molecular complexity index is 1520. The number of rotatable bonds is 8. The lowest BCUT2D eigenvalue weighted by atomic mass is 10.1. The largest absolute Gasteiger partial charge is 0.497 e. The molecule has 0 aliphatic heterocycles. The molecule has 4 rings (SSSR count). The van der Waals surface area contributed by atoms with E-state index in [9.17, 15) is 21.6 Å². The normalized spacial score (nSPS) is 12.2. The first kappa shape index (κ1) is 25.9. The Morgan fingerprint density at radius 1 is 1.06 bits per heavy atom. The van der Waals surface area contributed by atoms with Crippen molar-refractivity contribution in [3.63, 3.8) is 0 Å². The zero-order valence-electron chi connectivity index (χ0n) is 19.4. The summed E-state index contributed by atoms with van der Waals surface area (Å²) in [6.45, 7) is 0.440. The van der Waals surface area contributed by atoms with E-state index in [1.54, 1.807) is 55.7 Å². The third-order valence-corrected chi connectivity index (χ3v) is 7.49. The lowest BCUT2D eigenvalue weighted by Gasteiger charge is -2.13. The minimum absolute atomic E-state index is 0.109. The van der Waals surface area contributed by atoms with E-state index in [1.165, 1.54) is 17.1 Å². The average molecular weight is 538 g/mol. The number of aromatic nitrogens is 1. The van der Waals surface area contributed by atoms with Crippen molar-refractivity contribution in [2.45, 2.75) is 18.5 Å². The van der Waals surface area contributed by atoms with Gasteiger partial charge in [0.05, 0.1) is 34.7 Å². The molecule has 1 aromatic heterocycles. The molecule has 36 heavy (non-hydrogen) atoms. The van der Waals surface area contributed by atoms with Gasteiger partial charge in [-0.3, -0.25) is 0 Å². The first-order valence-corrected chi connectivity index (χ1v) is 12.8. The van der Waals surface area contributed by atoms with Crippen LogP contribution in [0.4, 0.5) is 24.5 Å². The van der Waals surface area contributed by atoms with Gasteiger partial charge in [-0.05, 0) is 60.6 Å². The third kappa shape index (κ3) is 5.45. The molecule has 3 aromatic carbocycles. The van der Waals surface area contributed by atoms with E-state index < -0.39 is 21.8 Å². The molecule has 0 bridgehead atoms. The molecule has 4 aromatic rings. The quantitative estimate of drug-likeness (QED) is 0.281. The Kier molecular flexibility index (Phi) is 7.21. The Morgan fingerprint density at radius 3 is 2.50 bits per heavy atom. The van der Waals surface area contributed by atoms with Crippen molar-refractivity contribution in [2.24, 2.45) is 0 Å². The maximum Gasteiger partial charge on any atom is 0.416 e. The second-order valence-corrected chi connectivity index (χ2v) is 10.4. The summed E-state index contributed by atoms with van der Waals surface area (Å²) < 4.78 is 72.2. The highest BCUT2D eigenvalue weighted by atomic mass is 35.5. The molecule has 0 spiro atoms. The van der Waals surface area contributed by atoms with E-state index in [2.05, 4.69) is 10.6 Å². The number of fused-ring (bicyclic) bond motifs is 1. The maximum atomic E-state index is 13.4. The fourth-order valence-electron chi connectivity index (χ4n) is 3.90. The van der Waals surface area contributed by atoms with Crippen molar-refractivity contribution in [3.8, 4) is 5.75 Å². The number of anilines is 2. The van der Waals surface area contributed by atoms with Gasteiger partial charge >= 0.3 is 6.18 Å². The van der Waals surface area contributed by atoms with Crippen LogP contribution in [-0.4, -0.2) is 26.5 Å². The van der Waals surface area contributed by atoms with Gasteiger partial charge in [-0.1, -0.05) is 29.8 Å². The van der Waals surface area contributed by atoms with Crippen LogP contribution in [0.3, 0.4) is 0 Å². The van der Waals surface area contributed by atoms with Crippen molar-refractivity contribution in [1.82, 2.24) is 9.29 Å². The first-order chi connectivity index (χ1) is 17.0. The van der Waals surface area contributed by atoms with Crippen molar-refractivity contribution in [3.05, 3.63) is 88.6 Å². The number of hydrogen-bond donors (Lipinski definition) is 2. The minimum atomic E-state index is -4.51. The summed E-state index contributed by atoms with van der Waals surface area (Å²) in [7, 11) is -0.559. The fraction of sp³-hybridized carbons (Fsp3) is 0.200. The predicted octanol–water partition coefficient (Wildman–Crippen LogP) is 6.16. The van der Waals surface area contributed by atoms with E-state index in [0.29, 0.717) is 29.1 Å². The zero-order valence-corrected chi connectivity index (χ0v) is 20.9. The van der Waals surface area contributed by atoms with Crippen LogP contribution in [0.25, 0.3) is 10.9 Å². The number of methoxy groups -OCH3 is 1. The molecule has 0 aliphatic carbocycles. The van der Waals surface area contributed by atoms with Crippen LogP contribution < -0.4 is 15.4 Å². The van der Waals surface area contributed by atoms with E-state index >= 15 is 0 Å². The van der Waals surface area contributed by atoms with Crippen LogP contribution in [-0.2, 0) is 28.5 Å². The summed E-state index contributed by atoms with van der Waals surface area (Å²) in [6.07, 6.45) is -2.94. The number of ether oxygens (including phenoxy) is 1. The highest BCUT2D eigenvalue weighted by Gasteiger charge is 2.31. The molecule has 2 N–H and O–H groups in total. The highest BCUT2D eigenvalue weighted by molar-refractivity contribution is 7.89. The van der Waals surface area contributed by atoms with E-state index in [4.69, 9.17) is 16.3 Å². The van der Waals surface area contributed by atoms with Gasteiger partial charge in [-0.15, -0.1) is 0 Å². The Labute approximate surface area is 211 Å². The number of alkyl halides is 3. The van der Waals surface area contributed by atoms with Crippen molar-refractivity contribution < 1.29 is 26.3 Å². The average Bonchev–Trinajstić information content (AvgIpc) is 3.18. The Morgan fingerprint density at radius 2 is 1.83 bits per heavy atom. The third-order valence-electron chi connectivity index (χ3n) is 5.58. The topological polar surface area (TPSA) is 72.4 Å². The lowest BCUT2D eigenvalue weighted by Crippen LogP contribution is -2.14. The summed E-state index contributed by atoms with van der Waals surface area (Å²) in [5.41, 5.74) is 1.64.